The Morgan fingerprint density at radius 3 is 2.61 bits per heavy atom. The number of benzene rings is 1. The number of unbranched alkanes of at least 4 members (excludes halogenated alkanes) is 3. The first kappa shape index (κ1) is 42.7. The van der Waals surface area contributed by atoms with Gasteiger partial charge in [0, 0.05) is 54.3 Å². The predicted octanol–water partition coefficient (Wildman–Crippen LogP) is 9.50. The standard InChI is InChI=1S/C48H63F2N7O2/c1-6-9-10-11-16-33(7-2)40(59-31-58)30-55(5)26-27-57-32(4)15-12-17-39-43-46(53-41(54-47(43)57)20-23-48-21-13-24-56(48)25-14-22-48)44(50)45(52-39)37-29-35(51)28-34-18-19-38(49)36(8-3)42(34)37/h3,28-29,31-32H,6-7,9-27,30,51H2,1-2,4-5H3/b40-33+. The Kier molecular flexibility index (Phi) is 13.7. The number of hydrogen-bond donors (Lipinski definition) is 1. The number of aromatic nitrogens is 3. The summed E-state index contributed by atoms with van der Waals surface area (Å²) in [6.45, 7) is 11.1. The molecule has 2 N–H and O–H groups in total. The lowest BCUT2D eigenvalue weighted by molar-refractivity contribution is -0.125. The van der Waals surface area contributed by atoms with Crippen LogP contribution in [0.15, 0.2) is 29.3 Å². The lowest BCUT2D eigenvalue weighted by atomic mass is 9.85. The summed E-state index contributed by atoms with van der Waals surface area (Å²) in [6, 6.07) is 3.60. The Morgan fingerprint density at radius 1 is 1.08 bits per heavy atom. The SMILES string of the molecule is C#CC1=C(F)CCc2cc(N)cc(-c3nc4c5c(nc(CCC67CCCN6CCC7)nc5c3F)N(CCN(C)C/C(OC=O)=C(/CC)CCCCCC)C(C)CCC4)c21. The summed E-state index contributed by atoms with van der Waals surface area (Å²) in [6.07, 6.45) is 21.5. The maximum absolute atomic E-state index is 17.6. The number of aryl methyl sites for hydroxylation is 3. The van der Waals surface area contributed by atoms with E-state index in [2.05, 4.69) is 48.4 Å². The molecular weight excluding hydrogens is 745 g/mol. The largest absolute Gasteiger partial charge is 0.432 e. The Labute approximate surface area is 349 Å². The van der Waals surface area contributed by atoms with E-state index in [1.165, 1.54) is 44.1 Å². The van der Waals surface area contributed by atoms with E-state index in [1.54, 1.807) is 6.07 Å². The fourth-order valence-electron chi connectivity index (χ4n) is 10.4. The van der Waals surface area contributed by atoms with Gasteiger partial charge in [-0.15, -0.1) is 6.42 Å². The molecule has 3 aromatic rings. The summed E-state index contributed by atoms with van der Waals surface area (Å²) in [7, 11) is 2.05. The number of carbonyl (C=O) groups excluding carboxylic acids is 1. The molecule has 0 amide bonds. The van der Waals surface area contributed by atoms with Crippen LogP contribution in [-0.2, 0) is 28.8 Å². The highest BCUT2D eigenvalue weighted by molar-refractivity contribution is 5.98. The van der Waals surface area contributed by atoms with Crippen molar-refractivity contribution in [3.8, 4) is 23.6 Å². The van der Waals surface area contributed by atoms with Crippen molar-refractivity contribution in [1.29, 1.82) is 0 Å². The minimum absolute atomic E-state index is 0.0984. The fourth-order valence-corrected chi connectivity index (χ4v) is 10.4. The molecule has 2 aromatic heterocycles. The summed E-state index contributed by atoms with van der Waals surface area (Å²) in [4.78, 5) is 34.3. The number of allylic oxidation sites excluding steroid dienone is 3. The van der Waals surface area contributed by atoms with E-state index in [0.717, 1.165) is 75.1 Å². The highest BCUT2D eigenvalue weighted by Gasteiger charge is 2.44. The zero-order valence-corrected chi connectivity index (χ0v) is 35.8. The maximum atomic E-state index is 17.6. The summed E-state index contributed by atoms with van der Waals surface area (Å²) in [5.74, 6) is 3.67. The molecule has 3 aliphatic heterocycles. The number of carbonyl (C=O) groups is 1. The third-order valence-electron chi connectivity index (χ3n) is 13.6. The first-order chi connectivity index (χ1) is 28.6. The Hall–Kier alpha value is -4.40. The van der Waals surface area contributed by atoms with Gasteiger partial charge in [0.25, 0.3) is 6.47 Å². The molecule has 1 aliphatic carbocycles. The highest BCUT2D eigenvalue weighted by Crippen LogP contribution is 2.45. The molecule has 7 rings (SSSR count). The number of nitrogens with two attached hydrogens (primary N) is 1. The van der Waals surface area contributed by atoms with Gasteiger partial charge in [0.15, 0.2) is 5.82 Å². The second-order valence-corrected chi connectivity index (χ2v) is 17.4. The number of ether oxygens (including phenoxy) is 1. The van der Waals surface area contributed by atoms with Crippen LogP contribution < -0.4 is 10.6 Å². The predicted molar refractivity (Wildman–Crippen MR) is 234 cm³/mol. The van der Waals surface area contributed by atoms with Gasteiger partial charge in [0.1, 0.15) is 34.4 Å². The molecule has 11 heteroatoms. The average molecular weight is 808 g/mol. The molecule has 9 nitrogen and oxygen atoms in total. The van der Waals surface area contributed by atoms with Crippen LogP contribution in [-0.4, -0.2) is 82.6 Å². The van der Waals surface area contributed by atoms with Crippen LogP contribution in [0.4, 0.5) is 20.3 Å². The molecule has 1 aromatic carbocycles. The molecule has 0 saturated carbocycles. The number of anilines is 2. The van der Waals surface area contributed by atoms with E-state index >= 15 is 8.78 Å². The van der Waals surface area contributed by atoms with Crippen LogP contribution in [0.2, 0.25) is 0 Å². The van der Waals surface area contributed by atoms with Gasteiger partial charge in [-0.05, 0) is 127 Å². The van der Waals surface area contributed by atoms with Gasteiger partial charge in [-0.25, -0.2) is 23.7 Å². The monoisotopic (exact) mass is 808 g/mol. The number of rotatable bonds is 17. The molecule has 0 radical (unpaired) electrons. The Bertz CT molecular complexity index is 2130. The second-order valence-electron chi connectivity index (χ2n) is 17.4. The van der Waals surface area contributed by atoms with Crippen molar-refractivity contribution in [2.45, 2.75) is 142 Å². The van der Waals surface area contributed by atoms with Crippen LogP contribution in [0.3, 0.4) is 0 Å². The van der Waals surface area contributed by atoms with E-state index in [9.17, 15) is 4.79 Å². The molecule has 316 valence electrons. The zero-order valence-electron chi connectivity index (χ0n) is 35.8. The second kappa shape index (κ2) is 18.9. The first-order valence-electron chi connectivity index (χ1n) is 22.3. The van der Waals surface area contributed by atoms with E-state index in [-0.39, 0.29) is 40.6 Å². The molecule has 2 saturated heterocycles. The lowest BCUT2D eigenvalue weighted by Gasteiger charge is -2.35. The first-order valence-corrected chi connectivity index (χ1v) is 22.3. The summed E-state index contributed by atoms with van der Waals surface area (Å²) in [5, 5.41) is 0.632. The van der Waals surface area contributed by atoms with Gasteiger partial charge in [-0.1, -0.05) is 39.0 Å². The molecular formula is C48H63F2N7O2. The number of nitrogens with zero attached hydrogens (tertiary/aromatic N) is 6. The van der Waals surface area contributed by atoms with Crippen LogP contribution in [0.5, 0.6) is 0 Å². The fraction of sp³-hybridized carbons (Fsp3) is 0.583. The van der Waals surface area contributed by atoms with Crippen molar-refractivity contribution in [3.63, 3.8) is 0 Å². The lowest BCUT2D eigenvalue weighted by Crippen LogP contribution is -2.41. The van der Waals surface area contributed by atoms with E-state index < -0.39 is 5.82 Å². The quantitative estimate of drug-likeness (QED) is 0.0470. The number of fused-ring (bicyclic) bond motifs is 2. The number of hydrogen-bond acceptors (Lipinski definition) is 9. The zero-order chi connectivity index (χ0) is 41.7. The molecule has 2 fully saturated rings. The Morgan fingerprint density at radius 2 is 1.88 bits per heavy atom. The molecule has 1 atom stereocenters. The number of terminal acetylenes is 1. The molecule has 4 aliphatic rings. The normalized spacial score (nSPS) is 19.4. The number of halogens is 2. The Balaban J connectivity index is 1.30. The smallest absolute Gasteiger partial charge is 0.298 e. The summed E-state index contributed by atoms with van der Waals surface area (Å²) < 4.78 is 38.6. The molecule has 59 heavy (non-hydrogen) atoms. The molecule has 0 spiro atoms. The number of pyridine rings is 1. The van der Waals surface area contributed by atoms with Gasteiger partial charge in [0.05, 0.1) is 23.2 Å². The van der Waals surface area contributed by atoms with Crippen LogP contribution in [0.1, 0.15) is 133 Å². The number of nitrogen functional groups attached to an aromatic ring is 1. The van der Waals surface area contributed by atoms with E-state index in [4.69, 9.17) is 31.8 Å². The average Bonchev–Trinajstić information content (AvgIpc) is 3.81. The third-order valence-corrected chi connectivity index (χ3v) is 13.6. The molecule has 1 unspecified atom stereocenters. The van der Waals surface area contributed by atoms with Gasteiger partial charge in [0.2, 0.25) is 0 Å². The minimum Gasteiger partial charge on any atom is -0.432 e. The van der Waals surface area contributed by atoms with Gasteiger partial charge >= 0.3 is 0 Å². The van der Waals surface area contributed by atoms with Crippen LogP contribution >= 0.6 is 0 Å². The van der Waals surface area contributed by atoms with E-state index in [0.29, 0.717) is 79.2 Å². The van der Waals surface area contributed by atoms with Crippen molar-refractivity contribution in [3.05, 3.63) is 57.8 Å². The van der Waals surface area contributed by atoms with Crippen molar-refractivity contribution in [2.75, 3.05) is 50.4 Å². The van der Waals surface area contributed by atoms with E-state index in [1.807, 2.05) is 6.07 Å². The van der Waals surface area contributed by atoms with Crippen molar-refractivity contribution in [2.24, 2.45) is 0 Å². The van der Waals surface area contributed by atoms with Crippen molar-refractivity contribution < 1.29 is 18.3 Å². The van der Waals surface area contributed by atoms with Crippen LogP contribution in [0.25, 0.3) is 27.7 Å². The maximum Gasteiger partial charge on any atom is 0.298 e. The topological polar surface area (TPSA) is 101 Å². The van der Waals surface area contributed by atoms with Gasteiger partial charge < -0.3 is 15.4 Å². The molecule has 5 heterocycles. The van der Waals surface area contributed by atoms with Crippen molar-refractivity contribution in [1.82, 2.24) is 24.8 Å². The minimum atomic E-state index is -0.567. The van der Waals surface area contributed by atoms with Crippen molar-refractivity contribution >= 4 is 34.5 Å². The third kappa shape index (κ3) is 8.90. The summed E-state index contributed by atoms with van der Waals surface area (Å²) >= 11 is 0. The van der Waals surface area contributed by atoms with Gasteiger partial charge in [-0.3, -0.25) is 14.6 Å². The summed E-state index contributed by atoms with van der Waals surface area (Å²) in [5.41, 5.74) is 11.1. The van der Waals surface area contributed by atoms with Crippen LogP contribution in [0, 0.1) is 18.2 Å². The number of likely N-dealkylation sites (N-methyl/N-ethyl adjacent to an activating group) is 1. The molecule has 0 bridgehead atoms. The van der Waals surface area contributed by atoms with Gasteiger partial charge in [-0.2, -0.15) is 0 Å². The highest BCUT2D eigenvalue weighted by atomic mass is 19.1.